The SMILES string of the molecule is COc1cc(Cl)c([C@@H](OCn2c(=O)ccn([C@@H]3O[C@H](CO)[C@H]4OC(C)(C)O[C@H]43)c2=O)c2c(Cl)cc(Cl)cc2Cl)c(Cl)c1. The molecule has 5 rings (SSSR count). The van der Waals surface area contributed by atoms with Gasteiger partial charge in [0.05, 0.1) is 23.8 Å². The number of benzene rings is 2. The Labute approximate surface area is 265 Å². The van der Waals surface area contributed by atoms with Crippen molar-refractivity contribution >= 4 is 58.0 Å². The van der Waals surface area contributed by atoms with E-state index in [1.54, 1.807) is 13.8 Å². The highest BCUT2D eigenvalue weighted by Crippen LogP contribution is 2.45. The van der Waals surface area contributed by atoms with Crippen molar-refractivity contribution in [3.63, 3.8) is 0 Å². The maximum Gasteiger partial charge on any atom is 0.335 e. The summed E-state index contributed by atoms with van der Waals surface area (Å²) >= 11 is 32.4. The lowest BCUT2D eigenvalue weighted by atomic mass is 10.0. The zero-order chi connectivity index (χ0) is 30.5. The second-order valence-corrected chi connectivity index (χ2v) is 12.1. The second-order valence-electron chi connectivity index (χ2n) is 10.0. The van der Waals surface area contributed by atoms with E-state index in [2.05, 4.69) is 0 Å². The molecule has 2 aliphatic heterocycles. The fourth-order valence-corrected chi connectivity index (χ4v) is 6.75. The van der Waals surface area contributed by atoms with Gasteiger partial charge in [-0.3, -0.25) is 9.36 Å². The van der Waals surface area contributed by atoms with Crippen LogP contribution in [0.4, 0.5) is 0 Å². The fraction of sp³-hybridized carbons (Fsp3) is 0.407. The molecule has 0 saturated carbocycles. The summed E-state index contributed by atoms with van der Waals surface area (Å²) in [6.45, 7) is 2.51. The summed E-state index contributed by atoms with van der Waals surface area (Å²) in [5.41, 5.74) is -0.905. The number of aliphatic hydroxyl groups is 1. The number of hydrogen-bond donors (Lipinski definition) is 1. The number of fused-ring (bicyclic) bond motifs is 1. The van der Waals surface area contributed by atoms with Crippen LogP contribution < -0.4 is 16.0 Å². The second kappa shape index (κ2) is 12.3. The molecule has 0 aliphatic carbocycles. The highest BCUT2D eigenvalue weighted by Gasteiger charge is 2.56. The lowest BCUT2D eigenvalue weighted by Gasteiger charge is -2.26. The molecular weight excluding hydrogens is 658 g/mol. The zero-order valence-electron chi connectivity index (χ0n) is 22.4. The number of methoxy groups -OCH3 is 1. The number of ether oxygens (including phenoxy) is 5. The average Bonchev–Trinajstić information content (AvgIpc) is 3.39. The third kappa shape index (κ3) is 5.95. The number of rotatable bonds is 8. The van der Waals surface area contributed by atoms with E-state index in [0.29, 0.717) is 5.75 Å². The van der Waals surface area contributed by atoms with Crippen LogP contribution in [0.2, 0.25) is 25.1 Å². The summed E-state index contributed by atoms with van der Waals surface area (Å²) in [5.74, 6) is -0.576. The first kappa shape index (κ1) is 31.6. The first-order chi connectivity index (χ1) is 19.8. The zero-order valence-corrected chi connectivity index (χ0v) is 26.1. The lowest BCUT2D eigenvalue weighted by molar-refractivity contribution is -0.200. The van der Waals surface area contributed by atoms with Gasteiger partial charge in [0.15, 0.2) is 12.0 Å². The van der Waals surface area contributed by atoms with Crippen LogP contribution in [-0.2, 0) is 25.7 Å². The highest BCUT2D eigenvalue weighted by molar-refractivity contribution is 6.40. The van der Waals surface area contributed by atoms with Crippen LogP contribution in [-0.4, -0.2) is 52.1 Å². The third-order valence-corrected chi connectivity index (χ3v) is 8.37. The monoisotopic (exact) mass is 680 g/mol. The van der Waals surface area contributed by atoms with Gasteiger partial charge in [-0.2, -0.15) is 0 Å². The molecule has 0 radical (unpaired) electrons. The van der Waals surface area contributed by atoms with Crippen molar-refractivity contribution in [2.24, 2.45) is 0 Å². The van der Waals surface area contributed by atoms with Crippen molar-refractivity contribution in [1.82, 2.24) is 9.13 Å². The molecule has 15 heteroatoms. The van der Waals surface area contributed by atoms with E-state index >= 15 is 0 Å². The van der Waals surface area contributed by atoms with Crippen LogP contribution in [0.15, 0.2) is 46.1 Å². The molecule has 2 saturated heterocycles. The topological polar surface area (TPSA) is 110 Å². The molecule has 3 aromatic rings. The molecule has 0 amide bonds. The molecule has 2 fully saturated rings. The van der Waals surface area contributed by atoms with Gasteiger partial charge in [0.2, 0.25) is 0 Å². The maximum absolute atomic E-state index is 13.7. The van der Waals surface area contributed by atoms with Crippen molar-refractivity contribution in [2.45, 2.75) is 57.0 Å². The summed E-state index contributed by atoms with van der Waals surface area (Å²) in [7, 11) is 1.46. The van der Waals surface area contributed by atoms with E-state index in [0.717, 1.165) is 4.57 Å². The molecule has 2 aliphatic rings. The molecule has 226 valence electrons. The normalized spacial score (nSPS) is 23.6. The van der Waals surface area contributed by atoms with E-state index in [1.165, 1.54) is 48.2 Å². The number of halogens is 5. The van der Waals surface area contributed by atoms with Gasteiger partial charge in [-0.15, -0.1) is 0 Å². The number of hydrogen-bond acceptors (Lipinski definition) is 8. The molecular formula is C27H25Cl5N2O8. The third-order valence-electron chi connectivity index (χ3n) is 6.90. The van der Waals surface area contributed by atoms with Crippen LogP contribution in [0, 0.1) is 0 Å². The molecule has 0 unspecified atom stereocenters. The Hall–Kier alpha value is -1.83. The van der Waals surface area contributed by atoms with E-state index in [-0.39, 0.29) is 42.8 Å². The summed E-state index contributed by atoms with van der Waals surface area (Å²) in [5, 5.41) is 10.7. The van der Waals surface area contributed by atoms with Crippen molar-refractivity contribution in [1.29, 1.82) is 0 Å². The lowest BCUT2D eigenvalue weighted by Crippen LogP contribution is -2.43. The minimum absolute atomic E-state index is 0.139. The predicted octanol–water partition coefficient (Wildman–Crippen LogP) is 5.46. The summed E-state index contributed by atoms with van der Waals surface area (Å²) in [6, 6.07) is 7.15. The number of aromatic nitrogens is 2. The quantitative estimate of drug-likeness (QED) is 0.334. The van der Waals surface area contributed by atoms with Gasteiger partial charge >= 0.3 is 5.69 Å². The Bertz CT molecular complexity index is 1580. The molecule has 1 N–H and O–H groups in total. The molecule has 3 heterocycles. The van der Waals surface area contributed by atoms with E-state index in [1.807, 2.05) is 0 Å². The number of aliphatic hydroxyl groups excluding tert-OH is 1. The van der Waals surface area contributed by atoms with Gasteiger partial charge in [0.25, 0.3) is 5.56 Å². The summed E-state index contributed by atoms with van der Waals surface area (Å²) < 4.78 is 31.2. The van der Waals surface area contributed by atoms with Gasteiger partial charge in [-0.25, -0.2) is 9.36 Å². The van der Waals surface area contributed by atoms with Crippen molar-refractivity contribution in [3.8, 4) is 5.75 Å². The summed E-state index contributed by atoms with van der Waals surface area (Å²) in [6.07, 6.45) is -2.95. The molecule has 42 heavy (non-hydrogen) atoms. The van der Waals surface area contributed by atoms with E-state index in [4.69, 9.17) is 81.7 Å². The fourth-order valence-electron chi connectivity index (χ4n) is 5.07. The van der Waals surface area contributed by atoms with Gasteiger partial charge in [0.1, 0.15) is 36.9 Å². The molecule has 5 atom stereocenters. The first-order valence-electron chi connectivity index (χ1n) is 12.6. The molecule has 0 bridgehead atoms. The molecule has 0 spiro atoms. The average molecular weight is 683 g/mol. The smallest absolute Gasteiger partial charge is 0.335 e. The molecule has 1 aromatic heterocycles. The minimum Gasteiger partial charge on any atom is -0.497 e. The Morgan fingerprint density at radius 3 is 2.10 bits per heavy atom. The maximum atomic E-state index is 13.7. The van der Waals surface area contributed by atoms with Crippen LogP contribution in [0.3, 0.4) is 0 Å². The van der Waals surface area contributed by atoms with Gasteiger partial charge < -0.3 is 28.8 Å². The van der Waals surface area contributed by atoms with Gasteiger partial charge in [-0.1, -0.05) is 58.0 Å². The number of nitrogens with zero attached hydrogens (tertiary/aromatic N) is 2. The van der Waals surface area contributed by atoms with Crippen molar-refractivity contribution < 1.29 is 28.8 Å². The van der Waals surface area contributed by atoms with E-state index in [9.17, 15) is 14.7 Å². The molecule has 10 nitrogen and oxygen atoms in total. The van der Waals surface area contributed by atoms with Crippen LogP contribution in [0.25, 0.3) is 0 Å². The Morgan fingerprint density at radius 1 is 0.952 bits per heavy atom. The first-order valence-corrected chi connectivity index (χ1v) is 14.5. The van der Waals surface area contributed by atoms with Gasteiger partial charge in [-0.05, 0) is 38.1 Å². The molecule has 2 aromatic carbocycles. The van der Waals surface area contributed by atoms with Crippen LogP contribution in [0.5, 0.6) is 5.75 Å². The van der Waals surface area contributed by atoms with Crippen LogP contribution in [0.1, 0.15) is 37.3 Å². The predicted molar refractivity (Wildman–Crippen MR) is 157 cm³/mol. The van der Waals surface area contributed by atoms with Crippen LogP contribution >= 0.6 is 58.0 Å². The Kier molecular flexibility index (Phi) is 9.24. The standard InChI is InChI=1S/C27H25Cl5N2O8/c1-27(2)41-22-18(10-35)40-25(24(22)42-27)33-5-4-19(36)34(26(33)37)11-39-23(20-14(29)6-12(28)7-15(20)30)21-16(31)8-13(38-3)9-17(21)32/h4-9,18,22-25,35H,10-11H2,1-3H3/t18-,22-,23+,24-,25-/m1/s1. The Morgan fingerprint density at radius 2 is 1.52 bits per heavy atom. The van der Waals surface area contributed by atoms with Crippen molar-refractivity contribution in [3.05, 3.63) is 93.6 Å². The summed E-state index contributed by atoms with van der Waals surface area (Å²) in [4.78, 5) is 26.6. The van der Waals surface area contributed by atoms with Crippen molar-refractivity contribution in [2.75, 3.05) is 13.7 Å². The van der Waals surface area contributed by atoms with E-state index < -0.39 is 54.4 Å². The largest absolute Gasteiger partial charge is 0.497 e. The Balaban J connectivity index is 1.55. The highest BCUT2D eigenvalue weighted by atomic mass is 35.5. The minimum atomic E-state index is -1.15. The van der Waals surface area contributed by atoms with Gasteiger partial charge in [0, 0.05) is 38.5 Å².